The van der Waals surface area contributed by atoms with E-state index in [-0.39, 0.29) is 0 Å². The molecule has 0 N–H and O–H groups in total. The Labute approximate surface area is 112 Å². The molecule has 1 aromatic heterocycles. The van der Waals surface area contributed by atoms with Crippen molar-refractivity contribution in [3.63, 3.8) is 0 Å². The van der Waals surface area contributed by atoms with Crippen molar-refractivity contribution < 1.29 is 0 Å². The van der Waals surface area contributed by atoms with Crippen LogP contribution in [0.4, 0.5) is 0 Å². The highest BCUT2D eigenvalue weighted by Crippen LogP contribution is 2.31. The van der Waals surface area contributed by atoms with Crippen molar-refractivity contribution in [2.24, 2.45) is 0 Å². The summed E-state index contributed by atoms with van der Waals surface area (Å²) in [5.41, 5.74) is 2.98. The van der Waals surface area contributed by atoms with Gasteiger partial charge in [0, 0.05) is 5.92 Å². The number of aryl methyl sites for hydroxylation is 1. The van der Waals surface area contributed by atoms with Gasteiger partial charge in [0.2, 0.25) is 0 Å². The first-order valence-electron chi connectivity index (χ1n) is 5.39. The van der Waals surface area contributed by atoms with E-state index in [0.717, 1.165) is 21.7 Å². The second kappa shape index (κ2) is 4.41. The average molecular weight is 342 g/mol. The molecule has 1 heterocycles. The molecule has 16 heavy (non-hydrogen) atoms. The van der Waals surface area contributed by atoms with Crippen LogP contribution in [-0.2, 0) is 12.8 Å². The van der Waals surface area contributed by atoms with Gasteiger partial charge in [-0.2, -0.15) is 4.37 Å². The van der Waals surface area contributed by atoms with Crippen LogP contribution in [0.1, 0.15) is 29.3 Å². The molecule has 4 heteroatoms. The molecular weight excluding hydrogens is 331 g/mol. The van der Waals surface area contributed by atoms with Crippen LogP contribution in [0.3, 0.4) is 0 Å². The Morgan fingerprint density at radius 1 is 1.25 bits per heavy atom. The second-order valence-electron chi connectivity index (χ2n) is 4.11. The van der Waals surface area contributed by atoms with Gasteiger partial charge in [0.05, 0.1) is 0 Å². The van der Waals surface area contributed by atoms with E-state index in [0.29, 0.717) is 5.92 Å². The monoisotopic (exact) mass is 342 g/mol. The number of hydrogen-bond donors (Lipinski definition) is 0. The normalized spacial score (nSPS) is 19.4. The molecule has 2 nitrogen and oxygen atoms in total. The highest BCUT2D eigenvalue weighted by molar-refractivity contribution is 14.1. The van der Waals surface area contributed by atoms with Gasteiger partial charge in [-0.15, -0.1) is 0 Å². The Balaban J connectivity index is 1.88. The number of nitrogens with zero attached hydrogens (tertiary/aromatic N) is 2. The Bertz CT molecular complexity index is 509. The lowest BCUT2D eigenvalue weighted by Crippen LogP contribution is -2.13. The van der Waals surface area contributed by atoms with E-state index >= 15 is 0 Å². The first-order valence-corrected chi connectivity index (χ1v) is 7.24. The van der Waals surface area contributed by atoms with E-state index in [2.05, 4.69) is 56.2 Å². The van der Waals surface area contributed by atoms with Crippen molar-refractivity contribution in [1.82, 2.24) is 9.36 Å². The lowest BCUT2D eigenvalue weighted by atomic mass is 9.83. The molecule has 0 fully saturated rings. The highest BCUT2D eigenvalue weighted by atomic mass is 127. The second-order valence-corrected chi connectivity index (χ2v) is 6.62. The molecule has 0 saturated heterocycles. The van der Waals surface area contributed by atoms with Gasteiger partial charge in [-0.05, 0) is 64.5 Å². The minimum absolute atomic E-state index is 0.523. The summed E-state index contributed by atoms with van der Waals surface area (Å²) in [6, 6.07) is 8.73. The van der Waals surface area contributed by atoms with Crippen LogP contribution in [0.5, 0.6) is 0 Å². The van der Waals surface area contributed by atoms with E-state index < -0.39 is 0 Å². The maximum Gasteiger partial charge on any atom is 0.173 e. The van der Waals surface area contributed by atoms with Crippen molar-refractivity contribution in [3.05, 3.63) is 44.2 Å². The van der Waals surface area contributed by atoms with Crippen LogP contribution in [0.25, 0.3) is 0 Å². The maximum absolute atomic E-state index is 4.50. The van der Waals surface area contributed by atoms with Crippen molar-refractivity contribution in [2.75, 3.05) is 0 Å². The van der Waals surface area contributed by atoms with E-state index in [1.54, 1.807) is 0 Å². The predicted molar refractivity (Wildman–Crippen MR) is 73.8 cm³/mol. The molecule has 0 bridgehead atoms. The van der Waals surface area contributed by atoms with E-state index in [9.17, 15) is 0 Å². The topological polar surface area (TPSA) is 25.8 Å². The Morgan fingerprint density at radius 2 is 2.06 bits per heavy atom. The van der Waals surface area contributed by atoms with Gasteiger partial charge in [0.1, 0.15) is 5.82 Å². The fourth-order valence-electron chi connectivity index (χ4n) is 2.30. The zero-order valence-electron chi connectivity index (χ0n) is 8.69. The Kier molecular flexibility index (Phi) is 2.93. The number of rotatable bonds is 1. The zero-order valence-corrected chi connectivity index (χ0v) is 11.7. The first kappa shape index (κ1) is 10.7. The quantitative estimate of drug-likeness (QED) is 0.743. The minimum atomic E-state index is 0.523. The van der Waals surface area contributed by atoms with Gasteiger partial charge in [-0.1, -0.05) is 24.3 Å². The first-order chi connectivity index (χ1) is 7.83. The zero-order chi connectivity index (χ0) is 11.0. The van der Waals surface area contributed by atoms with E-state index in [1.807, 2.05) is 0 Å². The number of aromatic nitrogens is 2. The lowest BCUT2D eigenvalue weighted by Gasteiger charge is -2.22. The molecule has 1 aromatic carbocycles. The van der Waals surface area contributed by atoms with Crippen molar-refractivity contribution in [2.45, 2.75) is 25.2 Å². The van der Waals surface area contributed by atoms with Crippen LogP contribution in [0, 0.1) is 3.01 Å². The highest BCUT2D eigenvalue weighted by Gasteiger charge is 2.22. The molecule has 0 aliphatic heterocycles. The summed E-state index contributed by atoms with van der Waals surface area (Å²) in [6.07, 6.45) is 3.45. The fourth-order valence-corrected chi connectivity index (χ4v) is 3.33. The van der Waals surface area contributed by atoms with Gasteiger partial charge < -0.3 is 0 Å². The molecule has 0 amide bonds. The van der Waals surface area contributed by atoms with Crippen molar-refractivity contribution in [3.8, 4) is 0 Å². The molecule has 2 aromatic rings. The van der Waals surface area contributed by atoms with Gasteiger partial charge in [-0.3, -0.25) is 0 Å². The third kappa shape index (κ3) is 2.00. The molecule has 1 aliphatic carbocycles. The number of benzene rings is 1. The molecule has 1 unspecified atom stereocenters. The molecule has 3 rings (SSSR count). The number of fused-ring (bicyclic) bond motifs is 1. The summed E-state index contributed by atoms with van der Waals surface area (Å²) in [6.45, 7) is 0. The minimum Gasteiger partial charge on any atom is -0.213 e. The third-order valence-corrected chi connectivity index (χ3v) is 4.48. The summed E-state index contributed by atoms with van der Waals surface area (Å²) < 4.78 is 5.48. The van der Waals surface area contributed by atoms with Gasteiger partial charge in [0.15, 0.2) is 3.01 Å². The van der Waals surface area contributed by atoms with Crippen LogP contribution < -0.4 is 0 Å². The molecular formula is C12H11IN2S. The predicted octanol–water partition coefficient (Wildman–Crippen LogP) is 3.42. The third-order valence-electron chi connectivity index (χ3n) is 3.13. The number of halogens is 1. The summed E-state index contributed by atoms with van der Waals surface area (Å²) >= 11 is 3.75. The molecule has 1 atom stereocenters. The van der Waals surface area contributed by atoms with Crippen LogP contribution >= 0.6 is 34.1 Å². The van der Waals surface area contributed by atoms with E-state index in [1.165, 1.54) is 29.1 Å². The Morgan fingerprint density at radius 3 is 2.81 bits per heavy atom. The molecule has 1 aliphatic rings. The van der Waals surface area contributed by atoms with Gasteiger partial charge >= 0.3 is 0 Å². The van der Waals surface area contributed by atoms with Gasteiger partial charge in [0.25, 0.3) is 0 Å². The lowest BCUT2D eigenvalue weighted by molar-refractivity contribution is 0.561. The fraction of sp³-hybridized carbons (Fsp3) is 0.333. The van der Waals surface area contributed by atoms with Crippen molar-refractivity contribution >= 4 is 34.1 Å². The van der Waals surface area contributed by atoms with E-state index in [4.69, 9.17) is 0 Å². The SMILES string of the molecule is Ic1nc(C2CCc3ccccc3C2)ns1. The molecule has 0 saturated carbocycles. The summed E-state index contributed by atoms with van der Waals surface area (Å²) in [7, 11) is 0. The standard InChI is InChI=1S/C12H11IN2S/c13-12-14-11(15-16-12)10-6-5-8-3-1-2-4-9(8)7-10/h1-4,10H,5-7H2. The van der Waals surface area contributed by atoms with Crippen LogP contribution in [0.15, 0.2) is 24.3 Å². The largest absolute Gasteiger partial charge is 0.213 e. The van der Waals surface area contributed by atoms with Crippen LogP contribution in [-0.4, -0.2) is 9.36 Å². The summed E-state index contributed by atoms with van der Waals surface area (Å²) in [5.74, 6) is 1.57. The average Bonchev–Trinajstić information content (AvgIpc) is 2.75. The van der Waals surface area contributed by atoms with Gasteiger partial charge in [-0.25, -0.2) is 4.98 Å². The maximum atomic E-state index is 4.50. The Hall–Kier alpha value is -0.490. The number of hydrogen-bond acceptors (Lipinski definition) is 3. The summed E-state index contributed by atoms with van der Waals surface area (Å²) in [4.78, 5) is 4.50. The molecule has 0 radical (unpaired) electrons. The van der Waals surface area contributed by atoms with Crippen LogP contribution in [0.2, 0.25) is 0 Å². The summed E-state index contributed by atoms with van der Waals surface area (Å²) in [5, 5.41) is 0. The molecule has 0 spiro atoms. The smallest absolute Gasteiger partial charge is 0.173 e. The molecule has 82 valence electrons. The van der Waals surface area contributed by atoms with Crippen molar-refractivity contribution in [1.29, 1.82) is 0 Å².